The van der Waals surface area contributed by atoms with Gasteiger partial charge in [0.25, 0.3) is 5.56 Å². The Morgan fingerprint density at radius 1 is 1.25 bits per heavy atom. The molecule has 1 unspecified atom stereocenters. The van der Waals surface area contributed by atoms with Crippen molar-refractivity contribution < 1.29 is 14.3 Å². The summed E-state index contributed by atoms with van der Waals surface area (Å²) >= 11 is 6.00. The number of benzene rings is 2. The molecule has 0 saturated heterocycles. The Bertz CT molecular complexity index is 1110. The van der Waals surface area contributed by atoms with Gasteiger partial charge >= 0.3 is 5.97 Å². The van der Waals surface area contributed by atoms with Crippen LogP contribution in [-0.4, -0.2) is 28.5 Å². The third-order valence-electron chi connectivity index (χ3n) is 4.36. The van der Waals surface area contributed by atoms with E-state index in [0.29, 0.717) is 22.3 Å². The maximum atomic E-state index is 12.9. The number of esters is 1. The summed E-state index contributed by atoms with van der Waals surface area (Å²) in [6.07, 6.45) is 1.71. The summed E-state index contributed by atoms with van der Waals surface area (Å²) < 4.78 is 6.03. The predicted octanol–water partition coefficient (Wildman–Crippen LogP) is 3.43. The highest BCUT2D eigenvalue weighted by atomic mass is 35.5. The van der Waals surface area contributed by atoms with Crippen molar-refractivity contribution in [2.24, 2.45) is 0 Å². The normalized spacial score (nSPS) is 11.8. The van der Waals surface area contributed by atoms with Crippen LogP contribution in [0.1, 0.15) is 29.7 Å². The lowest BCUT2D eigenvalue weighted by molar-refractivity contribution is -0.119. The van der Waals surface area contributed by atoms with Crippen molar-refractivity contribution in [1.82, 2.24) is 9.55 Å². The summed E-state index contributed by atoms with van der Waals surface area (Å²) in [5.74, 6) is -1.07. The quantitative estimate of drug-likeness (QED) is 0.664. The minimum absolute atomic E-state index is 0.166. The topological polar surface area (TPSA) is 90.3 Å². The maximum Gasteiger partial charge on any atom is 0.339 e. The van der Waals surface area contributed by atoms with E-state index >= 15 is 0 Å². The number of ether oxygens (including phenoxy) is 1. The molecule has 1 aromatic heterocycles. The summed E-state index contributed by atoms with van der Waals surface area (Å²) in [5, 5.41) is 3.45. The van der Waals surface area contributed by atoms with E-state index in [1.54, 1.807) is 31.2 Å². The third kappa shape index (κ3) is 3.75. The van der Waals surface area contributed by atoms with Crippen LogP contribution in [0.15, 0.2) is 53.6 Å². The molecule has 7 nitrogen and oxygen atoms in total. The fourth-order valence-corrected chi connectivity index (χ4v) is 3.11. The van der Waals surface area contributed by atoms with Gasteiger partial charge < -0.3 is 10.1 Å². The van der Waals surface area contributed by atoms with Crippen LogP contribution in [0.3, 0.4) is 0 Å². The zero-order valence-electron chi connectivity index (χ0n) is 15.3. The number of nitrogens with one attached hydrogen (secondary N) is 1. The van der Waals surface area contributed by atoms with Gasteiger partial charge in [0.1, 0.15) is 6.04 Å². The summed E-state index contributed by atoms with van der Waals surface area (Å²) in [7, 11) is 1.25. The number of rotatable bonds is 5. The molecule has 1 heterocycles. The van der Waals surface area contributed by atoms with E-state index in [2.05, 4.69) is 10.3 Å². The van der Waals surface area contributed by atoms with E-state index in [1.807, 2.05) is 0 Å². The number of hydrogen-bond donors (Lipinski definition) is 1. The number of aromatic nitrogens is 2. The smallest absolute Gasteiger partial charge is 0.339 e. The van der Waals surface area contributed by atoms with E-state index in [1.165, 1.54) is 36.2 Å². The average Bonchev–Trinajstić information content (AvgIpc) is 2.70. The van der Waals surface area contributed by atoms with Crippen LogP contribution >= 0.6 is 11.6 Å². The van der Waals surface area contributed by atoms with Gasteiger partial charge in [-0.05, 0) is 36.8 Å². The molecular formula is C20H18ClN3O4. The van der Waals surface area contributed by atoms with Crippen molar-refractivity contribution in [2.75, 3.05) is 12.4 Å². The molecule has 1 N–H and O–H groups in total. The van der Waals surface area contributed by atoms with Crippen molar-refractivity contribution >= 4 is 40.1 Å². The molecule has 3 rings (SSSR count). The molecule has 144 valence electrons. The van der Waals surface area contributed by atoms with Gasteiger partial charge in [0.15, 0.2) is 0 Å². The van der Waals surface area contributed by atoms with Crippen molar-refractivity contribution in [3.8, 4) is 0 Å². The Balaban J connectivity index is 1.98. The number of halogens is 1. The summed E-state index contributed by atoms with van der Waals surface area (Å²) in [4.78, 5) is 41.9. The number of hydrogen-bond acceptors (Lipinski definition) is 5. The summed E-state index contributed by atoms with van der Waals surface area (Å²) in [5.41, 5.74) is 0.623. The van der Waals surface area contributed by atoms with Gasteiger partial charge in [-0.3, -0.25) is 14.2 Å². The zero-order valence-corrected chi connectivity index (χ0v) is 16.1. The molecule has 1 amide bonds. The molecular weight excluding hydrogens is 382 g/mol. The number of anilines is 1. The molecule has 0 bridgehead atoms. The first-order chi connectivity index (χ1) is 13.5. The minimum atomic E-state index is -0.811. The number of carbonyl (C=O) groups excluding carboxylic acids is 2. The fraction of sp³-hybridized carbons (Fsp3) is 0.200. The largest absolute Gasteiger partial charge is 0.465 e. The van der Waals surface area contributed by atoms with Gasteiger partial charge in [-0.15, -0.1) is 0 Å². The second-order valence-corrected chi connectivity index (χ2v) is 6.51. The Morgan fingerprint density at radius 2 is 2.00 bits per heavy atom. The van der Waals surface area contributed by atoms with Gasteiger partial charge in [0.2, 0.25) is 5.91 Å². The van der Waals surface area contributed by atoms with Crippen molar-refractivity contribution in [2.45, 2.75) is 19.4 Å². The molecule has 2 aromatic carbocycles. The number of para-hydroxylation sites is 1. The van der Waals surface area contributed by atoms with Crippen molar-refractivity contribution in [1.29, 1.82) is 0 Å². The highest BCUT2D eigenvalue weighted by Crippen LogP contribution is 2.23. The number of carbonyl (C=O) groups is 2. The Kier molecular flexibility index (Phi) is 5.75. The van der Waals surface area contributed by atoms with Gasteiger partial charge in [0, 0.05) is 5.02 Å². The van der Waals surface area contributed by atoms with Crippen molar-refractivity contribution in [3.63, 3.8) is 0 Å². The molecule has 3 aromatic rings. The molecule has 8 heteroatoms. The van der Waals surface area contributed by atoms with E-state index in [9.17, 15) is 14.4 Å². The molecule has 0 spiro atoms. The van der Waals surface area contributed by atoms with Gasteiger partial charge in [-0.2, -0.15) is 0 Å². The first-order valence-electron chi connectivity index (χ1n) is 8.60. The molecule has 0 fully saturated rings. The van der Waals surface area contributed by atoms with Crippen molar-refractivity contribution in [3.05, 3.63) is 69.7 Å². The second kappa shape index (κ2) is 8.22. The van der Waals surface area contributed by atoms with Crippen LogP contribution in [0.25, 0.3) is 10.9 Å². The van der Waals surface area contributed by atoms with Gasteiger partial charge in [-0.25, -0.2) is 9.78 Å². The number of methoxy groups -OCH3 is 1. The second-order valence-electron chi connectivity index (χ2n) is 6.07. The number of nitrogens with zero attached hydrogens (tertiary/aromatic N) is 2. The molecule has 0 aliphatic rings. The molecule has 1 atom stereocenters. The van der Waals surface area contributed by atoms with Crippen LogP contribution in [0.4, 0.5) is 5.69 Å². The zero-order chi connectivity index (χ0) is 20.3. The number of amides is 1. The monoisotopic (exact) mass is 399 g/mol. The SMILES string of the molecule is CCC(C(=O)Nc1cc(Cl)ccc1C(=O)OC)n1cnc2ccccc2c1=O. The lowest BCUT2D eigenvalue weighted by atomic mass is 10.1. The minimum Gasteiger partial charge on any atom is -0.465 e. The average molecular weight is 400 g/mol. The lowest BCUT2D eigenvalue weighted by Crippen LogP contribution is -2.33. The Hall–Kier alpha value is -3.19. The Labute approximate surface area is 165 Å². The van der Waals surface area contributed by atoms with E-state index in [0.717, 1.165) is 0 Å². The highest BCUT2D eigenvalue weighted by Gasteiger charge is 2.23. The summed E-state index contributed by atoms with van der Waals surface area (Å²) in [6, 6.07) is 10.6. The standard InChI is InChI=1S/C20H18ClN3O4/c1-3-17(24-11-22-15-7-5-4-6-13(15)19(24)26)18(25)23-16-10-12(21)8-9-14(16)20(27)28-2/h4-11,17H,3H2,1-2H3,(H,23,25). The van der Waals surface area contributed by atoms with Crippen LogP contribution < -0.4 is 10.9 Å². The van der Waals surface area contributed by atoms with Crippen LogP contribution in [0.5, 0.6) is 0 Å². The van der Waals surface area contributed by atoms with E-state index < -0.39 is 17.9 Å². The molecule has 0 radical (unpaired) electrons. The summed E-state index contributed by atoms with van der Waals surface area (Å²) in [6.45, 7) is 1.78. The Morgan fingerprint density at radius 3 is 2.71 bits per heavy atom. The fourth-order valence-electron chi connectivity index (χ4n) is 2.94. The molecule has 0 aliphatic carbocycles. The van der Waals surface area contributed by atoms with Crippen LogP contribution in [0.2, 0.25) is 5.02 Å². The first kappa shape index (κ1) is 19.6. The number of fused-ring (bicyclic) bond motifs is 1. The van der Waals surface area contributed by atoms with Crippen LogP contribution in [-0.2, 0) is 9.53 Å². The molecule has 0 saturated carbocycles. The predicted molar refractivity (Wildman–Crippen MR) is 107 cm³/mol. The van der Waals surface area contributed by atoms with Crippen LogP contribution in [0, 0.1) is 0 Å². The lowest BCUT2D eigenvalue weighted by Gasteiger charge is -2.19. The van der Waals surface area contributed by atoms with E-state index in [4.69, 9.17) is 16.3 Å². The van der Waals surface area contributed by atoms with E-state index in [-0.39, 0.29) is 16.8 Å². The van der Waals surface area contributed by atoms with Gasteiger partial charge in [0.05, 0.1) is 35.6 Å². The maximum absolute atomic E-state index is 12.9. The van der Waals surface area contributed by atoms with Gasteiger partial charge in [-0.1, -0.05) is 30.7 Å². The molecule has 28 heavy (non-hydrogen) atoms. The third-order valence-corrected chi connectivity index (χ3v) is 4.60. The molecule has 0 aliphatic heterocycles. The highest BCUT2D eigenvalue weighted by molar-refractivity contribution is 6.31. The first-order valence-corrected chi connectivity index (χ1v) is 8.98.